The number of ketones is 8. The molecule has 28 N–H and O–H groups in total. The summed E-state index contributed by atoms with van der Waals surface area (Å²) < 4.78 is 77.8. The SMILES string of the molecule is C.C.CC(=O)c1c(C)c(O)cc(C#N)c1N.CC(=O)c1c(N)cc(C)c(O)c1F.CC(=O)c1c(N)ccc(O)c1C.CC(=O)c1cc(O)c(F)cc1N.CC(=O)c1cc(O)cc(C)c1N.CC(C)OC(=O)c1c(N)cc(CO)c(O)c1F.COc1c(C)c(O)c(C)c(C(C)=O)c1N.COc1c(C)c(O)c(F)c(C(C)=O)c1N.COc1c(C)c(O)c(OC)c(C(C)=O)c1N. The normalized spacial score (nSPS) is 9.87. The van der Waals surface area contributed by atoms with Crippen molar-refractivity contribution in [3.05, 3.63) is 184 Å². The first kappa shape index (κ1) is 115. The molecule has 9 rings (SSSR count). The van der Waals surface area contributed by atoms with Crippen molar-refractivity contribution in [1.29, 1.82) is 5.26 Å². The number of nitriles is 1. The number of nitrogens with two attached hydrogens (primary N) is 9. The molecule has 34 nitrogen and oxygen atoms in total. The van der Waals surface area contributed by atoms with Crippen molar-refractivity contribution in [2.24, 2.45) is 0 Å². The van der Waals surface area contributed by atoms with E-state index in [-0.39, 0.29) is 174 Å². The number of hydrogen-bond donors (Lipinski definition) is 19. The first-order chi connectivity index (χ1) is 58.2. The molecular formula is C90H114F4N10O24. The zero-order chi connectivity index (χ0) is 98.1. The van der Waals surface area contributed by atoms with Crippen molar-refractivity contribution < 1.29 is 135 Å². The summed E-state index contributed by atoms with van der Waals surface area (Å²) >= 11 is 0. The number of esters is 1. The predicted octanol–water partition coefficient (Wildman–Crippen LogP) is 14.6. The third-order valence-electron chi connectivity index (χ3n) is 18.1. The second-order valence-corrected chi connectivity index (χ2v) is 27.7. The van der Waals surface area contributed by atoms with Crippen LogP contribution in [0.2, 0.25) is 0 Å². The van der Waals surface area contributed by atoms with Gasteiger partial charge in [0.25, 0.3) is 0 Å². The van der Waals surface area contributed by atoms with Crippen molar-refractivity contribution in [2.75, 3.05) is 80.0 Å². The van der Waals surface area contributed by atoms with Gasteiger partial charge in [0.05, 0.1) is 91.7 Å². The molecular weight excluding hydrogens is 1680 g/mol. The number of halogens is 4. The van der Waals surface area contributed by atoms with Gasteiger partial charge in [0.1, 0.15) is 51.9 Å². The summed E-state index contributed by atoms with van der Waals surface area (Å²) in [5.74, 6) is -8.80. The molecule has 0 aliphatic carbocycles. The van der Waals surface area contributed by atoms with E-state index in [2.05, 4.69) is 0 Å². The highest BCUT2D eigenvalue weighted by Crippen LogP contribution is 2.46. The largest absolute Gasteiger partial charge is 0.508 e. The molecule has 0 heterocycles. The molecule has 0 aromatic heterocycles. The summed E-state index contributed by atoms with van der Waals surface area (Å²) in [6.07, 6.45) is -0.430. The molecule has 0 fully saturated rings. The lowest BCUT2D eigenvalue weighted by molar-refractivity contribution is 0.0371. The number of anilines is 9. The molecule has 38 heteroatoms. The van der Waals surface area contributed by atoms with Gasteiger partial charge in [-0.05, 0) is 178 Å². The molecule has 696 valence electrons. The third kappa shape index (κ3) is 28.0. The van der Waals surface area contributed by atoms with E-state index in [1.165, 1.54) is 134 Å². The molecule has 0 saturated carbocycles. The van der Waals surface area contributed by atoms with Crippen LogP contribution in [0.3, 0.4) is 0 Å². The molecule has 0 amide bonds. The molecule has 9 aromatic rings. The Morgan fingerprint density at radius 1 is 0.367 bits per heavy atom. The van der Waals surface area contributed by atoms with E-state index in [0.29, 0.717) is 72.9 Å². The lowest BCUT2D eigenvalue weighted by Crippen LogP contribution is -2.15. The number of nitrogen functional groups attached to an aromatic ring is 9. The van der Waals surface area contributed by atoms with Crippen LogP contribution in [0.4, 0.5) is 68.7 Å². The molecule has 128 heavy (non-hydrogen) atoms. The minimum Gasteiger partial charge on any atom is -0.508 e. The number of aliphatic hydroxyl groups is 1. The number of Topliss-reactive ketones (excluding diaryl/α,β-unsaturated/α-hetero) is 8. The van der Waals surface area contributed by atoms with Gasteiger partial charge >= 0.3 is 5.97 Å². The number of aliphatic hydroxyl groups excluding tert-OH is 1. The summed E-state index contributed by atoms with van der Waals surface area (Å²) in [6.45, 7) is 26.2. The molecule has 0 radical (unpaired) electrons. The van der Waals surface area contributed by atoms with Crippen LogP contribution in [-0.2, 0) is 11.3 Å². The highest BCUT2D eigenvalue weighted by molar-refractivity contribution is 6.07. The van der Waals surface area contributed by atoms with Gasteiger partial charge in [-0.2, -0.15) is 5.26 Å². The second-order valence-electron chi connectivity index (χ2n) is 27.7. The Morgan fingerprint density at radius 2 is 0.766 bits per heavy atom. The first-order valence-corrected chi connectivity index (χ1v) is 36.8. The van der Waals surface area contributed by atoms with Crippen molar-refractivity contribution in [3.63, 3.8) is 0 Å². The monoisotopic (exact) mass is 1790 g/mol. The van der Waals surface area contributed by atoms with Crippen LogP contribution in [-0.4, -0.2) is 138 Å². The summed E-state index contributed by atoms with van der Waals surface area (Å²) in [7, 11) is 5.58. The van der Waals surface area contributed by atoms with Gasteiger partial charge in [-0.3, -0.25) is 38.4 Å². The third-order valence-corrected chi connectivity index (χ3v) is 18.1. The minimum atomic E-state index is -1.18. The number of phenols is 9. The van der Waals surface area contributed by atoms with Gasteiger partial charge in [-0.15, -0.1) is 0 Å². The molecule has 0 spiro atoms. The van der Waals surface area contributed by atoms with E-state index in [1.807, 2.05) is 6.07 Å². The smallest absolute Gasteiger partial charge is 0.343 e. The van der Waals surface area contributed by atoms with Crippen molar-refractivity contribution >= 4 is 103 Å². The Balaban J connectivity index is 0. The number of aryl methyl sites for hydroxylation is 2. The molecule has 0 bridgehead atoms. The summed E-state index contributed by atoms with van der Waals surface area (Å²) in [5, 5.41) is 102. The van der Waals surface area contributed by atoms with Crippen LogP contribution in [0.15, 0.2) is 54.6 Å². The van der Waals surface area contributed by atoms with E-state index >= 15 is 0 Å². The molecule has 0 atom stereocenters. The standard InChI is InChI=1S/C11H14FNO4.C11H15NO4.C11H15NO3.C10H12FNO3.C10H10N2O2.C9H10FNO2.2C9H11NO2.C8H8FNO2.2CH4/c1-5(2)17-11(16)8-7(13)3-6(4-14)10(15)9(8)12;1-5-9(14)11(16-4)7(6(2)13)8(12)10(5)15-3;1-5-8(7(3)13)9(12)11(15-4)6(2)10(5)14;1-4-9(14)7(11)6(5(2)13)8(12)10(4)15-3;1-5-8(14)3-7(4-11)10(12)9(5)6(2)13;1-4-3-6(11)7(5(2)12)8(10)9(4)13;1-5-3-7(12)4-8(6(2)11)9(5)10;1-5-8(12)4-3-7(10)9(5)6(2)11;1-4(11)5-2-8(12)6(9)3-7(5)10;;/h3,5,14-15H,4,13H2,1-2H3;14H,12H2,1-4H3;14H,12H2,1-4H3;14H,12H2,1-3H3;3,14H,12H2,1-2H3;3,13H,11H2,1-2H3;2*3-4,12H,10H2,1-2H3;2-3,12H,10H2,1H3;2*1H4. The number of phenolic OH excluding ortho intramolecular Hbond substituents is 8. The van der Waals surface area contributed by atoms with Crippen LogP contribution in [0.25, 0.3) is 0 Å². The second kappa shape index (κ2) is 49.8. The van der Waals surface area contributed by atoms with Gasteiger partial charge in [0, 0.05) is 102 Å². The van der Waals surface area contributed by atoms with Gasteiger partial charge < -0.3 is 126 Å². The number of ether oxygens (including phenoxy) is 5. The van der Waals surface area contributed by atoms with Crippen molar-refractivity contribution in [3.8, 4) is 80.8 Å². The molecule has 0 unspecified atom stereocenters. The number of carbonyl (C=O) groups excluding carboxylic acids is 9. The van der Waals surface area contributed by atoms with Crippen LogP contribution in [0.1, 0.15) is 233 Å². The van der Waals surface area contributed by atoms with E-state index < -0.39 is 82.1 Å². The van der Waals surface area contributed by atoms with Gasteiger partial charge in [0.2, 0.25) is 0 Å². The van der Waals surface area contributed by atoms with E-state index in [9.17, 15) is 96.5 Å². The number of methoxy groups -OCH3 is 4. The fourth-order valence-corrected chi connectivity index (χ4v) is 11.8. The Kier molecular flexibility index (Phi) is 44.6. The Hall–Kier alpha value is -15.4. The topological polar surface area (TPSA) is 660 Å². The van der Waals surface area contributed by atoms with Crippen molar-refractivity contribution in [1.82, 2.24) is 0 Å². The van der Waals surface area contributed by atoms with Gasteiger partial charge in [-0.25, -0.2) is 22.4 Å². The van der Waals surface area contributed by atoms with Gasteiger partial charge in [0.15, 0.2) is 104 Å². The summed E-state index contributed by atoms with van der Waals surface area (Å²) in [6, 6.07) is 13.4. The van der Waals surface area contributed by atoms with Crippen LogP contribution in [0.5, 0.6) is 74.7 Å². The molecule has 0 aliphatic heterocycles. The van der Waals surface area contributed by atoms with Crippen LogP contribution < -0.4 is 70.6 Å². The van der Waals surface area contributed by atoms with E-state index in [4.69, 9.17) is 95.9 Å². The fourth-order valence-electron chi connectivity index (χ4n) is 11.8. The highest BCUT2D eigenvalue weighted by atomic mass is 19.1. The Morgan fingerprint density at radius 3 is 1.18 bits per heavy atom. The molecule has 0 aliphatic rings. The summed E-state index contributed by atoms with van der Waals surface area (Å²) in [4.78, 5) is 100. The average Bonchev–Trinajstić information content (AvgIpc) is 0.783. The number of nitrogens with zero attached hydrogens (tertiary/aromatic N) is 1. The van der Waals surface area contributed by atoms with Crippen LogP contribution >= 0.6 is 0 Å². The lowest BCUT2D eigenvalue weighted by Gasteiger charge is -2.17. The maximum atomic E-state index is 13.7. The number of aromatic hydroxyl groups is 9. The van der Waals surface area contributed by atoms with Crippen molar-refractivity contribution in [2.45, 2.75) is 152 Å². The van der Waals surface area contributed by atoms with Crippen LogP contribution in [0, 0.1) is 90.0 Å². The zero-order valence-corrected chi connectivity index (χ0v) is 73.3. The fraction of sp³-hybridized carbons (Fsp3) is 0.289. The number of benzene rings is 9. The molecule has 0 saturated heterocycles. The first-order valence-electron chi connectivity index (χ1n) is 36.8. The molecule has 9 aromatic carbocycles. The highest BCUT2D eigenvalue weighted by Gasteiger charge is 2.28. The maximum Gasteiger partial charge on any atom is 0.343 e. The zero-order valence-electron chi connectivity index (χ0n) is 73.3. The minimum absolute atomic E-state index is 0. The number of carbonyl (C=O) groups is 9. The quantitative estimate of drug-likeness (QED) is 0.0149. The van der Waals surface area contributed by atoms with E-state index in [0.717, 1.165) is 23.8 Å². The van der Waals surface area contributed by atoms with Gasteiger partial charge in [-0.1, -0.05) is 14.9 Å². The number of rotatable bonds is 15. The predicted molar refractivity (Wildman–Crippen MR) is 481 cm³/mol. The maximum absolute atomic E-state index is 13.7. The average molecular weight is 1800 g/mol. The lowest BCUT2D eigenvalue weighted by atomic mass is 9.98. The Bertz CT molecular complexity index is 5670. The number of hydrogen-bond acceptors (Lipinski definition) is 34. The Labute approximate surface area is 737 Å². The van der Waals surface area contributed by atoms with E-state index in [1.54, 1.807) is 55.4 Å². The summed E-state index contributed by atoms with van der Waals surface area (Å²) in [5.41, 5.74) is 55.7.